The summed E-state index contributed by atoms with van der Waals surface area (Å²) >= 11 is 0. The molecule has 0 aliphatic rings. The van der Waals surface area contributed by atoms with Crippen LogP contribution < -0.4 is 0 Å². The lowest BCUT2D eigenvalue weighted by Gasteiger charge is -2.04. The summed E-state index contributed by atoms with van der Waals surface area (Å²) in [6, 6.07) is -0.528. The van der Waals surface area contributed by atoms with E-state index in [-0.39, 0.29) is 4.92 Å². The normalized spacial score (nSPS) is 12.7. The standard InChI is InChI=1S/C14H24NO3/c1-2-3-8-11-14(15(17)18)12-9-6-4-5-7-10-13-16/h8,11,14H,2-7,9-10,12H2,1H3/b11-8+. The Balaban J connectivity index is 3.64. The van der Waals surface area contributed by atoms with E-state index in [0.29, 0.717) is 12.8 Å². The Morgan fingerprint density at radius 3 is 2.50 bits per heavy atom. The molecule has 0 bridgehead atoms. The summed E-state index contributed by atoms with van der Waals surface area (Å²) in [7, 11) is 0. The van der Waals surface area contributed by atoms with E-state index in [4.69, 9.17) is 0 Å². The average Bonchev–Trinajstić information content (AvgIpc) is 2.35. The highest BCUT2D eigenvalue weighted by atomic mass is 16.6. The van der Waals surface area contributed by atoms with Crippen molar-refractivity contribution in [2.24, 2.45) is 0 Å². The highest BCUT2D eigenvalue weighted by Gasteiger charge is 2.14. The van der Waals surface area contributed by atoms with Gasteiger partial charge in [0.1, 0.15) is 0 Å². The van der Waals surface area contributed by atoms with Crippen molar-refractivity contribution in [1.82, 2.24) is 0 Å². The summed E-state index contributed by atoms with van der Waals surface area (Å²) in [5.41, 5.74) is 0. The maximum absolute atomic E-state index is 10.8. The number of hydrogen-bond donors (Lipinski definition) is 0. The third kappa shape index (κ3) is 10.00. The molecule has 1 radical (unpaired) electrons. The Hall–Kier alpha value is -1.19. The Kier molecular flexibility index (Phi) is 11.5. The first kappa shape index (κ1) is 16.8. The molecule has 0 saturated heterocycles. The molecule has 0 aliphatic heterocycles. The van der Waals surface area contributed by atoms with Crippen LogP contribution in [0, 0.1) is 10.1 Å². The number of hydrogen-bond acceptors (Lipinski definition) is 3. The molecule has 0 spiro atoms. The van der Waals surface area contributed by atoms with Gasteiger partial charge in [0, 0.05) is 17.8 Å². The number of nitro groups is 1. The number of unbranched alkanes of at least 4 members (excludes halogenated alkanes) is 6. The van der Waals surface area contributed by atoms with E-state index in [2.05, 4.69) is 6.92 Å². The van der Waals surface area contributed by atoms with Crippen LogP contribution in [0.3, 0.4) is 0 Å². The van der Waals surface area contributed by atoms with E-state index in [1.54, 1.807) is 6.08 Å². The van der Waals surface area contributed by atoms with Crippen LogP contribution in [0.5, 0.6) is 0 Å². The lowest BCUT2D eigenvalue weighted by Crippen LogP contribution is -2.16. The summed E-state index contributed by atoms with van der Waals surface area (Å²) in [6.07, 6.45) is 13.4. The van der Waals surface area contributed by atoms with Crippen molar-refractivity contribution in [3.63, 3.8) is 0 Å². The second-order valence-corrected chi connectivity index (χ2v) is 4.52. The van der Waals surface area contributed by atoms with Gasteiger partial charge in [-0.2, -0.15) is 0 Å². The highest BCUT2D eigenvalue weighted by molar-refractivity contribution is 5.50. The number of allylic oxidation sites excluding steroid dienone is 1. The van der Waals surface area contributed by atoms with Crippen molar-refractivity contribution in [2.75, 3.05) is 0 Å². The molecule has 0 amide bonds. The molecule has 0 rings (SSSR count). The van der Waals surface area contributed by atoms with Crippen LogP contribution in [0.2, 0.25) is 0 Å². The fraction of sp³-hybridized carbons (Fsp3) is 0.786. The van der Waals surface area contributed by atoms with E-state index in [1.165, 1.54) is 0 Å². The first-order valence-electron chi connectivity index (χ1n) is 6.87. The van der Waals surface area contributed by atoms with Crippen molar-refractivity contribution in [1.29, 1.82) is 0 Å². The van der Waals surface area contributed by atoms with E-state index < -0.39 is 6.04 Å². The first-order valence-corrected chi connectivity index (χ1v) is 6.87. The number of rotatable bonds is 12. The van der Waals surface area contributed by atoms with Crippen LogP contribution in [0.4, 0.5) is 0 Å². The van der Waals surface area contributed by atoms with Crippen LogP contribution in [0.1, 0.15) is 64.7 Å². The zero-order chi connectivity index (χ0) is 13.6. The smallest absolute Gasteiger partial charge is 0.231 e. The third-order valence-corrected chi connectivity index (χ3v) is 2.86. The van der Waals surface area contributed by atoms with Gasteiger partial charge in [-0.15, -0.1) is 0 Å². The maximum Gasteiger partial charge on any atom is 0.231 e. The van der Waals surface area contributed by atoms with E-state index >= 15 is 0 Å². The van der Waals surface area contributed by atoms with Gasteiger partial charge in [0.25, 0.3) is 0 Å². The molecule has 18 heavy (non-hydrogen) atoms. The van der Waals surface area contributed by atoms with E-state index in [9.17, 15) is 14.9 Å². The van der Waals surface area contributed by atoms with Crippen LogP contribution >= 0.6 is 0 Å². The first-order chi connectivity index (χ1) is 8.72. The molecular weight excluding hydrogens is 230 g/mol. The Morgan fingerprint density at radius 2 is 1.89 bits per heavy atom. The summed E-state index contributed by atoms with van der Waals surface area (Å²) in [6.45, 7) is 2.06. The molecule has 0 N–H and O–H groups in total. The molecule has 1 atom stereocenters. The minimum Gasteiger partial charge on any atom is -0.291 e. The van der Waals surface area contributed by atoms with Crippen LogP contribution in [-0.2, 0) is 4.79 Å². The molecule has 0 aliphatic carbocycles. The summed E-state index contributed by atoms with van der Waals surface area (Å²) in [4.78, 5) is 20.6. The predicted molar refractivity (Wildman–Crippen MR) is 72.8 cm³/mol. The molecule has 4 nitrogen and oxygen atoms in total. The van der Waals surface area contributed by atoms with Crippen molar-refractivity contribution in [2.45, 2.75) is 70.8 Å². The molecule has 0 heterocycles. The fourth-order valence-corrected chi connectivity index (χ4v) is 1.77. The Bertz CT molecular complexity index is 251. The van der Waals surface area contributed by atoms with Crippen molar-refractivity contribution in [3.05, 3.63) is 22.3 Å². The van der Waals surface area contributed by atoms with Gasteiger partial charge in [-0.1, -0.05) is 38.7 Å². The molecule has 0 saturated carbocycles. The van der Waals surface area contributed by atoms with Crippen LogP contribution in [-0.4, -0.2) is 17.3 Å². The van der Waals surface area contributed by atoms with E-state index in [1.807, 2.05) is 12.4 Å². The maximum atomic E-state index is 10.8. The van der Waals surface area contributed by atoms with Gasteiger partial charge >= 0.3 is 0 Å². The lowest BCUT2D eigenvalue weighted by molar-refractivity contribution is -0.510. The Labute approximate surface area is 110 Å². The lowest BCUT2D eigenvalue weighted by atomic mass is 10.1. The SMILES string of the molecule is CCC/C=C/C(CCCCCCC[C]=O)[N+](=O)[O-]. The van der Waals surface area contributed by atoms with Crippen molar-refractivity contribution < 1.29 is 9.72 Å². The van der Waals surface area contributed by atoms with Gasteiger partial charge in [-0.25, -0.2) is 0 Å². The van der Waals surface area contributed by atoms with Gasteiger partial charge in [-0.3, -0.25) is 14.9 Å². The molecule has 0 fully saturated rings. The predicted octanol–water partition coefficient (Wildman–Crippen LogP) is 3.83. The summed E-state index contributed by atoms with van der Waals surface area (Å²) in [5, 5.41) is 10.8. The monoisotopic (exact) mass is 254 g/mol. The van der Waals surface area contributed by atoms with Crippen molar-refractivity contribution >= 4 is 6.29 Å². The van der Waals surface area contributed by atoms with Crippen LogP contribution in [0.25, 0.3) is 0 Å². The van der Waals surface area contributed by atoms with Crippen molar-refractivity contribution in [3.8, 4) is 0 Å². The van der Waals surface area contributed by atoms with Crippen LogP contribution in [0.15, 0.2) is 12.2 Å². The van der Waals surface area contributed by atoms with Gasteiger partial charge in [0.15, 0.2) is 6.29 Å². The number of carbonyl (C=O) groups excluding carboxylic acids is 1. The topological polar surface area (TPSA) is 60.2 Å². The largest absolute Gasteiger partial charge is 0.291 e. The molecule has 0 aromatic rings. The highest BCUT2D eigenvalue weighted by Crippen LogP contribution is 2.11. The summed E-state index contributed by atoms with van der Waals surface area (Å²) in [5.74, 6) is 0. The molecule has 0 aromatic carbocycles. The molecular formula is C14H24NO3. The second kappa shape index (κ2) is 12.3. The second-order valence-electron chi connectivity index (χ2n) is 4.52. The molecule has 0 aromatic heterocycles. The van der Waals surface area contributed by atoms with Gasteiger partial charge in [0.05, 0.1) is 0 Å². The minimum absolute atomic E-state index is 0.201. The average molecular weight is 254 g/mol. The quantitative estimate of drug-likeness (QED) is 0.230. The van der Waals surface area contributed by atoms with E-state index in [0.717, 1.165) is 44.9 Å². The Morgan fingerprint density at radius 1 is 1.22 bits per heavy atom. The zero-order valence-electron chi connectivity index (χ0n) is 11.3. The fourth-order valence-electron chi connectivity index (χ4n) is 1.77. The van der Waals surface area contributed by atoms with Gasteiger partial charge in [-0.05, 0) is 25.3 Å². The van der Waals surface area contributed by atoms with Gasteiger partial charge in [0.2, 0.25) is 6.04 Å². The molecule has 4 heteroatoms. The van der Waals surface area contributed by atoms with Gasteiger partial charge < -0.3 is 0 Å². The molecule has 1 unspecified atom stereocenters. The third-order valence-electron chi connectivity index (χ3n) is 2.86. The molecule has 103 valence electrons. The minimum atomic E-state index is -0.528. The summed E-state index contributed by atoms with van der Waals surface area (Å²) < 4.78 is 0. The number of nitrogens with zero attached hydrogens (tertiary/aromatic N) is 1. The zero-order valence-corrected chi connectivity index (χ0v) is 11.3.